The molecular formula is C23H22N6O3. The molecule has 0 fully saturated rings. The van der Waals surface area contributed by atoms with Crippen LogP contribution in [-0.4, -0.2) is 28.9 Å². The standard InChI is InChI=1S/C23H22N6O3/c1-32-19-12-24-23(26-16-5-7-18-14(11-16)3-9-21(31)28-18)29-22(19)25-15-4-6-17-13(10-15)2-8-20(30)27-17/h4-7,10-12H,2-3,8-9H2,1H3,(H,27,30)(H,28,31)(H2,24,25,26,29). The van der Waals surface area contributed by atoms with E-state index in [1.807, 2.05) is 36.4 Å². The van der Waals surface area contributed by atoms with E-state index in [1.54, 1.807) is 13.3 Å². The first-order chi connectivity index (χ1) is 15.6. The summed E-state index contributed by atoms with van der Waals surface area (Å²) in [5, 5.41) is 12.3. The SMILES string of the molecule is COc1cnc(Nc2ccc3c(c2)CCC(=O)N3)nc1Nc1ccc2c(c1)CCC(=O)N2. The van der Waals surface area contributed by atoms with Crippen LogP contribution >= 0.6 is 0 Å². The third-order valence-electron chi connectivity index (χ3n) is 5.50. The smallest absolute Gasteiger partial charge is 0.229 e. The number of ether oxygens (including phenoxy) is 1. The Morgan fingerprint density at radius 2 is 1.44 bits per heavy atom. The van der Waals surface area contributed by atoms with E-state index in [2.05, 4.69) is 31.2 Å². The van der Waals surface area contributed by atoms with E-state index in [-0.39, 0.29) is 11.8 Å². The van der Waals surface area contributed by atoms with E-state index in [0.29, 0.717) is 43.2 Å². The van der Waals surface area contributed by atoms with E-state index >= 15 is 0 Å². The average molecular weight is 430 g/mol. The molecule has 5 rings (SSSR count). The van der Waals surface area contributed by atoms with Crippen molar-refractivity contribution in [1.82, 2.24) is 9.97 Å². The second kappa shape index (κ2) is 8.18. The van der Waals surface area contributed by atoms with Crippen molar-refractivity contribution in [2.24, 2.45) is 0 Å². The van der Waals surface area contributed by atoms with Gasteiger partial charge in [0.05, 0.1) is 13.3 Å². The minimum Gasteiger partial charge on any atom is -0.491 e. The van der Waals surface area contributed by atoms with Crippen LogP contribution in [0.5, 0.6) is 5.75 Å². The first kappa shape index (κ1) is 19.8. The molecule has 0 spiro atoms. The Kier molecular flexibility index (Phi) is 5.06. The first-order valence-electron chi connectivity index (χ1n) is 10.4. The van der Waals surface area contributed by atoms with E-state index in [9.17, 15) is 9.59 Å². The lowest BCUT2D eigenvalue weighted by Crippen LogP contribution is -2.19. The third-order valence-corrected chi connectivity index (χ3v) is 5.50. The number of aromatic nitrogens is 2. The number of carbonyl (C=O) groups excluding carboxylic acids is 2. The Hall–Kier alpha value is -4.14. The number of nitrogens with zero attached hydrogens (tertiary/aromatic N) is 2. The largest absolute Gasteiger partial charge is 0.491 e. The van der Waals surface area contributed by atoms with Crippen LogP contribution < -0.4 is 26.0 Å². The molecule has 0 unspecified atom stereocenters. The number of aryl methyl sites for hydroxylation is 2. The van der Waals surface area contributed by atoms with Gasteiger partial charge in [-0.05, 0) is 60.4 Å². The van der Waals surface area contributed by atoms with Crippen molar-refractivity contribution in [3.05, 3.63) is 53.7 Å². The molecule has 0 aliphatic carbocycles. The van der Waals surface area contributed by atoms with Gasteiger partial charge in [0.2, 0.25) is 17.8 Å². The quantitative estimate of drug-likeness (QED) is 0.487. The van der Waals surface area contributed by atoms with Crippen molar-refractivity contribution in [2.75, 3.05) is 28.4 Å². The van der Waals surface area contributed by atoms with Gasteiger partial charge in [-0.25, -0.2) is 4.98 Å². The maximum atomic E-state index is 11.6. The molecule has 2 aliphatic rings. The van der Waals surface area contributed by atoms with Crippen molar-refractivity contribution >= 4 is 46.3 Å². The second-order valence-corrected chi connectivity index (χ2v) is 7.70. The predicted octanol–water partition coefficient (Wildman–Crippen LogP) is 3.74. The zero-order chi connectivity index (χ0) is 22.1. The van der Waals surface area contributed by atoms with Crippen LogP contribution in [0.3, 0.4) is 0 Å². The lowest BCUT2D eigenvalue weighted by atomic mass is 10.0. The monoisotopic (exact) mass is 430 g/mol. The molecule has 3 aromatic rings. The number of rotatable bonds is 5. The minimum absolute atomic E-state index is 0.0379. The molecule has 0 atom stereocenters. The van der Waals surface area contributed by atoms with Crippen LogP contribution in [0.1, 0.15) is 24.0 Å². The summed E-state index contributed by atoms with van der Waals surface area (Å²) < 4.78 is 5.42. The predicted molar refractivity (Wildman–Crippen MR) is 122 cm³/mol. The fraction of sp³-hybridized carbons (Fsp3) is 0.217. The van der Waals surface area contributed by atoms with Crippen LogP contribution in [0.2, 0.25) is 0 Å². The van der Waals surface area contributed by atoms with Crippen molar-refractivity contribution in [1.29, 1.82) is 0 Å². The molecule has 0 saturated carbocycles. The molecule has 162 valence electrons. The highest BCUT2D eigenvalue weighted by Gasteiger charge is 2.17. The summed E-state index contributed by atoms with van der Waals surface area (Å²) in [6.45, 7) is 0. The van der Waals surface area contributed by atoms with Gasteiger partial charge in [0.1, 0.15) is 0 Å². The zero-order valence-corrected chi connectivity index (χ0v) is 17.5. The molecule has 9 nitrogen and oxygen atoms in total. The van der Waals surface area contributed by atoms with Crippen LogP contribution in [0.25, 0.3) is 0 Å². The highest BCUT2D eigenvalue weighted by molar-refractivity contribution is 5.95. The summed E-state index contributed by atoms with van der Waals surface area (Å²) in [6.07, 6.45) is 3.96. The van der Waals surface area contributed by atoms with Crippen LogP contribution in [0.15, 0.2) is 42.6 Å². The number of benzene rings is 2. The Morgan fingerprint density at radius 3 is 2.03 bits per heavy atom. The summed E-state index contributed by atoms with van der Waals surface area (Å²) in [5.74, 6) is 1.52. The number of anilines is 6. The third kappa shape index (κ3) is 4.04. The molecule has 0 bridgehead atoms. The minimum atomic E-state index is 0.0379. The molecular weight excluding hydrogens is 408 g/mol. The van der Waals surface area contributed by atoms with E-state index in [0.717, 1.165) is 33.9 Å². The van der Waals surface area contributed by atoms with Crippen molar-refractivity contribution in [3.8, 4) is 5.75 Å². The van der Waals surface area contributed by atoms with Gasteiger partial charge in [0.25, 0.3) is 0 Å². The van der Waals surface area contributed by atoms with Gasteiger partial charge in [-0.3, -0.25) is 9.59 Å². The maximum absolute atomic E-state index is 11.6. The average Bonchev–Trinajstić information content (AvgIpc) is 2.79. The molecule has 2 aliphatic heterocycles. The normalized spacial score (nSPS) is 14.5. The second-order valence-electron chi connectivity index (χ2n) is 7.70. The van der Waals surface area contributed by atoms with Gasteiger partial charge in [-0.2, -0.15) is 4.98 Å². The lowest BCUT2D eigenvalue weighted by molar-refractivity contribution is -0.117. The molecule has 1 aromatic heterocycles. The van der Waals surface area contributed by atoms with Crippen molar-refractivity contribution < 1.29 is 14.3 Å². The summed E-state index contributed by atoms with van der Waals surface area (Å²) in [7, 11) is 1.57. The van der Waals surface area contributed by atoms with Gasteiger partial charge in [-0.1, -0.05) is 0 Å². The van der Waals surface area contributed by atoms with E-state index in [1.165, 1.54) is 0 Å². The van der Waals surface area contributed by atoms with Crippen molar-refractivity contribution in [2.45, 2.75) is 25.7 Å². The molecule has 32 heavy (non-hydrogen) atoms. The molecule has 9 heteroatoms. The van der Waals surface area contributed by atoms with Gasteiger partial charge in [-0.15, -0.1) is 0 Å². The number of carbonyl (C=O) groups is 2. The summed E-state index contributed by atoms with van der Waals surface area (Å²) >= 11 is 0. The molecule has 0 saturated heterocycles. The van der Waals surface area contributed by atoms with E-state index in [4.69, 9.17) is 4.74 Å². The number of hydrogen-bond donors (Lipinski definition) is 4. The number of hydrogen-bond acceptors (Lipinski definition) is 7. The summed E-state index contributed by atoms with van der Waals surface area (Å²) in [6, 6.07) is 11.5. The topological polar surface area (TPSA) is 117 Å². The Bertz CT molecular complexity index is 1230. The highest BCUT2D eigenvalue weighted by Crippen LogP contribution is 2.31. The zero-order valence-electron chi connectivity index (χ0n) is 17.5. The number of nitrogens with one attached hydrogen (secondary N) is 4. The Labute approximate surface area is 184 Å². The maximum Gasteiger partial charge on any atom is 0.229 e. The van der Waals surface area contributed by atoms with Gasteiger partial charge in [0, 0.05) is 35.6 Å². The summed E-state index contributed by atoms with van der Waals surface area (Å²) in [4.78, 5) is 32.1. The lowest BCUT2D eigenvalue weighted by Gasteiger charge is -2.19. The number of amides is 2. The molecule has 4 N–H and O–H groups in total. The van der Waals surface area contributed by atoms with Gasteiger partial charge < -0.3 is 26.0 Å². The van der Waals surface area contributed by atoms with E-state index < -0.39 is 0 Å². The molecule has 2 aromatic carbocycles. The fourth-order valence-electron chi connectivity index (χ4n) is 3.86. The van der Waals surface area contributed by atoms with Gasteiger partial charge in [0.15, 0.2) is 11.6 Å². The van der Waals surface area contributed by atoms with Crippen LogP contribution in [0.4, 0.5) is 34.5 Å². The van der Waals surface area contributed by atoms with Crippen LogP contribution in [-0.2, 0) is 22.4 Å². The highest BCUT2D eigenvalue weighted by atomic mass is 16.5. The van der Waals surface area contributed by atoms with Gasteiger partial charge >= 0.3 is 0 Å². The number of fused-ring (bicyclic) bond motifs is 2. The molecule has 0 radical (unpaired) electrons. The Balaban J connectivity index is 1.37. The fourth-order valence-corrected chi connectivity index (χ4v) is 3.86. The van der Waals surface area contributed by atoms with Crippen molar-refractivity contribution in [3.63, 3.8) is 0 Å². The first-order valence-corrected chi connectivity index (χ1v) is 10.4. The summed E-state index contributed by atoms with van der Waals surface area (Å²) in [5.41, 5.74) is 5.50. The Morgan fingerprint density at radius 1 is 0.844 bits per heavy atom. The number of methoxy groups -OCH3 is 1. The molecule has 2 amide bonds. The van der Waals surface area contributed by atoms with Crippen LogP contribution in [0, 0.1) is 0 Å². The molecule has 3 heterocycles.